The van der Waals surface area contributed by atoms with Crippen LogP contribution in [0, 0.1) is 0 Å². The number of rotatable bonds is 7. The van der Waals surface area contributed by atoms with Crippen molar-refractivity contribution in [2.24, 2.45) is 0 Å². The molecular weight excluding hydrogens is 286 g/mol. The molecule has 19 heavy (non-hydrogen) atoms. The Balaban J connectivity index is 2.17. The second-order valence-electron chi connectivity index (χ2n) is 3.70. The number of hydrogen-bond acceptors (Lipinski definition) is 4. The third-order valence-electron chi connectivity index (χ3n) is 2.30. The van der Waals surface area contributed by atoms with Crippen molar-refractivity contribution in [2.45, 2.75) is 17.7 Å². The van der Waals surface area contributed by atoms with Gasteiger partial charge in [-0.05, 0) is 12.1 Å². The van der Waals surface area contributed by atoms with Gasteiger partial charge in [-0.3, -0.25) is 9.59 Å². The van der Waals surface area contributed by atoms with Crippen LogP contribution in [0.4, 0.5) is 0 Å². The van der Waals surface area contributed by atoms with Gasteiger partial charge in [-0.25, -0.2) is 0 Å². The molecule has 0 atom stereocenters. The first kappa shape index (κ1) is 15.9. The molecule has 0 saturated heterocycles. The highest BCUT2D eigenvalue weighted by molar-refractivity contribution is 7.99. The van der Waals surface area contributed by atoms with E-state index in [2.05, 4.69) is 10.1 Å². The van der Waals surface area contributed by atoms with Gasteiger partial charge in [0.05, 0.1) is 18.6 Å². The molecule has 1 aromatic carbocycles. The summed E-state index contributed by atoms with van der Waals surface area (Å²) < 4.78 is 4.48. The average Bonchev–Trinajstić information content (AvgIpc) is 2.40. The molecule has 0 heterocycles. The van der Waals surface area contributed by atoms with Gasteiger partial charge in [-0.1, -0.05) is 23.7 Å². The number of carbonyl (C=O) groups excluding carboxylic acids is 2. The predicted molar refractivity (Wildman–Crippen MR) is 76.4 cm³/mol. The lowest BCUT2D eigenvalue weighted by Gasteiger charge is -2.05. The van der Waals surface area contributed by atoms with Crippen molar-refractivity contribution < 1.29 is 14.3 Å². The fourth-order valence-corrected chi connectivity index (χ4v) is 2.50. The Labute approximate surface area is 121 Å². The van der Waals surface area contributed by atoms with E-state index in [0.29, 0.717) is 23.7 Å². The average molecular weight is 302 g/mol. The van der Waals surface area contributed by atoms with Crippen LogP contribution in [-0.4, -0.2) is 31.3 Å². The lowest BCUT2D eigenvalue weighted by molar-refractivity contribution is -0.140. The molecule has 6 heteroatoms. The first-order chi connectivity index (χ1) is 9.13. The van der Waals surface area contributed by atoms with Gasteiger partial charge >= 0.3 is 5.97 Å². The van der Waals surface area contributed by atoms with E-state index in [4.69, 9.17) is 11.6 Å². The molecule has 0 aliphatic carbocycles. The summed E-state index contributed by atoms with van der Waals surface area (Å²) in [5, 5.41) is 3.36. The van der Waals surface area contributed by atoms with E-state index in [-0.39, 0.29) is 18.3 Å². The Bertz CT molecular complexity index is 440. The molecule has 0 fully saturated rings. The molecule has 0 aromatic heterocycles. The zero-order valence-corrected chi connectivity index (χ0v) is 12.2. The number of carbonyl (C=O) groups is 2. The summed E-state index contributed by atoms with van der Waals surface area (Å²) >= 11 is 7.54. The maximum absolute atomic E-state index is 11.5. The van der Waals surface area contributed by atoms with E-state index in [9.17, 15) is 9.59 Å². The number of hydrogen-bond donors (Lipinski definition) is 1. The zero-order chi connectivity index (χ0) is 14.1. The summed E-state index contributed by atoms with van der Waals surface area (Å²) in [4.78, 5) is 23.3. The highest BCUT2D eigenvalue weighted by Crippen LogP contribution is 2.26. The predicted octanol–water partition coefficient (Wildman–Crippen LogP) is 2.50. The van der Waals surface area contributed by atoms with E-state index < -0.39 is 0 Å². The monoisotopic (exact) mass is 301 g/mol. The summed E-state index contributed by atoms with van der Waals surface area (Å²) in [5.74, 6) is 0.238. The molecule has 1 amide bonds. The highest BCUT2D eigenvalue weighted by atomic mass is 35.5. The van der Waals surface area contributed by atoms with Crippen molar-refractivity contribution in [1.29, 1.82) is 0 Å². The second kappa shape index (κ2) is 8.82. The summed E-state index contributed by atoms with van der Waals surface area (Å²) in [7, 11) is 1.32. The smallest absolute Gasteiger partial charge is 0.307 e. The number of benzene rings is 1. The summed E-state index contributed by atoms with van der Waals surface area (Å²) in [5.41, 5.74) is 0. The van der Waals surface area contributed by atoms with Crippen LogP contribution in [0.3, 0.4) is 0 Å². The van der Waals surface area contributed by atoms with E-state index in [1.165, 1.54) is 18.9 Å². The number of nitrogens with one attached hydrogen (secondary N) is 1. The van der Waals surface area contributed by atoms with Gasteiger partial charge in [0.15, 0.2) is 0 Å². The van der Waals surface area contributed by atoms with Crippen molar-refractivity contribution in [3.63, 3.8) is 0 Å². The van der Waals surface area contributed by atoms with Crippen molar-refractivity contribution in [1.82, 2.24) is 5.32 Å². The minimum Gasteiger partial charge on any atom is -0.469 e. The molecule has 0 saturated carbocycles. The van der Waals surface area contributed by atoms with Gasteiger partial charge in [-0.2, -0.15) is 0 Å². The number of ether oxygens (including phenoxy) is 1. The Morgan fingerprint density at radius 3 is 2.74 bits per heavy atom. The van der Waals surface area contributed by atoms with Gasteiger partial charge in [0.2, 0.25) is 5.91 Å². The van der Waals surface area contributed by atoms with E-state index in [0.717, 1.165) is 4.90 Å². The fourth-order valence-electron chi connectivity index (χ4n) is 1.31. The summed E-state index contributed by atoms with van der Waals surface area (Å²) in [6.07, 6.45) is 0.580. The lowest BCUT2D eigenvalue weighted by atomic mass is 10.4. The van der Waals surface area contributed by atoms with Crippen LogP contribution in [0.15, 0.2) is 29.2 Å². The molecule has 1 rings (SSSR count). The zero-order valence-electron chi connectivity index (χ0n) is 10.6. The Morgan fingerprint density at radius 1 is 1.32 bits per heavy atom. The van der Waals surface area contributed by atoms with Crippen LogP contribution < -0.4 is 5.32 Å². The molecule has 0 aliphatic rings. The fraction of sp³-hybridized carbons (Fsp3) is 0.385. The third-order valence-corrected chi connectivity index (χ3v) is 3.82. The van der Waals surface area contributed by atoms with Crippen LogP contribution in [0.1, 0.15) is 12.8 Å². The maximum atomic E-state index is 11.5. The van der Waals surface area contributed by atoms with Crippen LogP contribution in [0.2, 0.25) is 5.02 Å². The van der Waals surface area contributed by atoms with Gasteiger partial charge in [0, 0.05) is 23.6 Å². The Hall–Kier alpha value is -1.20. The van der Waals surface area contributed by atoms with Crippen molar-refractivity contribution >= 4 is 35.2 Å². The van der Waals surface area contributed by atoms with Crippen LogP contribution in [-0.2, 0) is 14.3 Å². The topological polar surface area (TPSA) is 55.4 Å². The van der Waals surface area contributed by atoms with Crippen molar-refractivity contribution in [3.8, 4) is 0 Å². The molecule has 0 unspecified atom stereocenters. The standard InChI is InChI=1S/C13H16ClNO3S/c1-18-13(17)6-8-15-12(16)7-9-19-11-5-3-2-4-10(11)14/h2-5H,6-9H2,1H3,(H,15,16). The van der Waals surface area contributed by atoms with Crippen molar-refractivity contribution in [2.75, 3.05) is 19.4 Å². The highest BCUT2D eigenvalue weighted by Gasteiger charge is 2.05. The van der Waals surface area contributed by atoms with Crippen molar-refractivity contribution in [3.05, 3.63) is 29.3 Å². The van der Waals surface area contributed by atoms with E-state index in [1.807, 2.05) is 24.3 Å². The molecule has 4 nitrogen and oxygen atoms in total. The molecule has 104 valence electrons. The number of thioether (sulfide) groups is 1. The molecule has 0 radical (unpaired) electrons. The number of amides is 1. The van der Waals surface area contributed by atoms with Gasteiger partial charge in [0.25, 0.3) is 0 Å². The Morgan fingerprint density at radius 2 is 2.05 bits per heavy atom. The molecule has 0 aliphatic heterocycles. The summed E-state index contributed by atoms with van der Waals surface area (Å²) in [6, 6.07) is 7.51. The largest absolute Gasteiger partial charge is 0.469 e. The van der Waals surface area contributed by atoms with Crippen LogP contribution in [0.25, 0.3) is 0 Å². The van der Waals surface area contributed by atoms with Gasteiger partial charge < -0.3 is 10.1 Å². The first-order valence-electron chi connectivity index (χ1n) is 5.84. The molecule has 0 bridgehead atoms. The number of methoxy groups -OCH3 is 1. The molecular formula is C13H16ClNO3S. The number of esters is 1. The molecule has 1 aromatic rings. The van der Waals surface area contributed by atoms with Crippen LogP contribution >= 0.6 is 23.4 Å². The quantitative estimate of drug-likeness (QED) is 0.621. The molecule has 0 spiro atoms. The van der Waals surface area contributed by atoms with Gasteiger partial charge in [0.1, 0.15) is 0 Å². The normalized spacial score (nSPS) is 10.0. The number of halogens is 1. The van der Waals surface area contributed by atoms with E-state index in [1.54, 1.807) is 0 Å². The Kier molecular flexibility index (Phi) is 7.36. The second-order valence-corrected chi connectivity index (χ2v) is 5.25. The SMILES string of the molecule is COC(=O)CCNC(=O)CCSc1ccccc1Cl. The summed E-state index contributed by atoms with van der Waals surface area (Å²) in [6.45, 7) is 0.308. The minimum absolute atomic E-state index is 0.0801. The first-order valence-corrected chi connectivity index (χ1v) is 7.20. The lowest BCUT2D eigenvalue weighted by Crippen LogP contribution is -2.26. The third kappa shape index (κ3) is 6.50. The maximum Gasteiger partial charge on any atom is 0.307 e. The molecule has 1 N–H and O–H groups in total. The minimum atomic E-state index is -0.328. The van der Waals surface area contributed by atoms with E-state index >= 15 is 0 Å². The van der Waals surface area contributed by atoms with Gasteiger partial charge in [-0.15, -0.1) is 11.8 Å². The van der Waals surface area contributed by atoms with Crippen LogP contribution in [0.5, 0.6) is 0 Å².